The Balaban J connectivity index is 3.46. The predicted molar refractivity (Wildman–Crippen MR) is 97.1 cm³/mol. The molecular formula is C12H16Cl4O6P2. The standard InChI is InChI=1S/C12H16Cl4O6P2/c1-19-23(17,20-2)5-7-9(13)11(15)8(12(16)10(7)14)6-24(18,21-3)22-4/h5-6H2,1-4H3. The minimum atomic E-state index is -3.45. The summed E-state index contributed by atoms with van der Waals surface area (Å²) in [6.45, 7) is 0. The van der Waals surface area contributed by atoms with Crippen LogP contribution in [0.15, 0.2) is 0 Å². The van der Waals surface area contributed by atoms with Crippen molar-refractivity contribution in [3.63, 3.8) is 0 Å². The zero-order valence-corrected chi connectivity index (χ0v) is 18.1. The van der Waals surface area contributed by atoms with Gasteiger partial charge < -0.3 is 18.1 Å². The van der Waals surface area contributed by atoms with Gasteiger partial charge in [-0.2, -0.15) is 0 Å². The minimum Gasteiger partial charge on any atom is -0.312 e. The van der Waals surface area contributed by atoms with E-state index in [1.54, 1.807) is 0 Å². The Morgan fingerprint density at radius 1 is 0.625 bits per heavy atom. The molecule has 0 saturated heterocycles. The van der Waals surface area contributed by atoms with Gasteiger partial charge in [0.05, 0.1) is 32.4 Å². The maximum atomic E-state index is 12.3. The highest BCUT2D eigenvalue weighted by atomic mass is 35.5. The third-order valence-corrected chi connectivity index (χ3v) is 8.76. The Morgan fingerprint density at radius 3 is 1.00 bits per heavy atom. The van der Waals surface area contributed by atoms with Crippen molar-refractivity contribution in [2.45, 2.75) is 12.3 Å². The third kappa shape index (κ3) is 4.89. The smallest absolute Gasteiger partial charge is 0.312 e. The fraction of sp³-hybridized carbons (Fsp3) is 0.500. The van der Waals surface area contributed by atoms with Gasteiger partial charge in [0.15, 0.2) is 0 Å². The molecule has 24 heavy (non-hydrogen) atoms. The molecule has 138 valence electrons. The van der Waals surface area contributed by atoms with E-state index in [1.807, 2.05) is 0 Å². The molecule has 0 N–H and O–H groups in total. The molecule has 0 fully saturated rings. The van der Waals surface area contributed by atoms with Crippen molar-refractivity contribution >= 4 is 61.6 Å². The normalized spacial score (nSPS) is 12.7. The van der Waals surface area contributed by atoms with Crippen LogP contribution < -0.4 is 0 Å². The summed E-state index contributed by atoms with van der Waals surface area (Å²) in [5.41, 5.74) is 0.405. The summed E-state index contributed by atoms with van der Waals surface area (Å²) in [6.07, 6.45) is -0.465. The molecule has 0 aliphatic heterocycles. The fourth-order valence-corrected chi connectivity index (χ4v) is 5.59. The van der Waals surface area contributed by atoms with Gasteiger partial charge in [0.2, 0.25) is 0 Å². The Bertz CT molecular complexity index is 607. The predicted octanol–water partition coefficient (Wildman–Crippen LogP) is 6.27. The molecule has 0 amide bonds. The van der Waals surface area contributed by atoms with E-state index in [9.17, 15) is 9.13 Å². The number of halogens is 4. The summed E-state index contributed by atoms with van der Waals surface area (Å²) >= 11 is 24.9. The van der Waals surface area contributed by atoms with Crippen molar-refractivity contribution in [1.82, 2.24) is 0 Å². The minimum absolute atomic E-state index is 0.00847. The van der Waals surface area contributed by atoms with E-state index in [1.165, 1.54) is 28.4 Å². The molecule has 1 aromatic rings. The van der Waals surface area contributed by atoms with Crippen LogP contribution in [-0.4, -0.2) is 28.4 Å². The lowest BCUT2D eigenvalue weighted by Gasteiger charge is -2.20. The van der Waals surface area contributed by atoms with E-state index in [0.29, 0.717) is 0 Å². The van der Waals surface area contributed by atoms with Gasteiger partial charge >= 0.3 is 15.2 Å². The fourth-order valence-electron chi connectivity index (χ4n) is 1.79. The number of benzene rings is 1. The molecule has 0 aliphatic rings. The van der Waals surface area contributed by atoms with Gasteiger partial charge in [0, 0.05) is 39.6 Å². The second kappa shape index (κ2) is 9.05. The SMILES string of the molecule is COP(=O)(Cc1c(Cl)c(Cl)c(CP(=O)(OC)OC)c(Cl)c1Cl)OC. The zero-order chi connectivity index (χ0) is 18.7. The molecule has 0 aliphatic carbocycles. The lowest BCUT2D eigenvalue weighted by molar-refractivity contribution is 0.273. The van der Waals surface area contributed by atoms with Crippen molar-refractivity contribution in [2.24, 2.45) is 0 Å². The molecule has 0 radical (unpaired) electrons. The largest absolute Gasteiger partial charge is 0.334 e. The molecule has 0 heterocycles. The maximum Gasteiger partial charge on any atom is 0.334 e. The van der Waals surface area contributed by atoms with Crippen LogP contribution >= 0.6 is 61.6 Å². The van der Waals surface area contributed by atoms with Crippen LogP contribution in [0.2, 0.25) is 20.1 Å². The van der Waals surface area contributed by atoms with Crippen molar-refractivity contribution in [3.8, 4) is 0 Å². The second-order valence-electron chi connectivity index (χ2n) is 4.48. The van der Waals surface area contributed by atoms with E-state index in [-0.39, 0.29) is 43.5 Å². The van der Waals surface area contributed by atoms with Gasteiger partial charge in [0.1, 0.15) is 0 Å². The Kier molecular flexibility index (Phi) is 8.57. The van der Waals surface area contributed by atoms with E-state index in [2.05, 4.69) is 0 Å². The lowest BCUT2D eigenvalue weighted by Crippen LogP contribution is -2.01. The molecule has 1 rings (SSSR count). The molecule has 12 heteroatoms. The van der Waals surface area contributed by atoms with Crippen LogP contribution in [0.5, 0.6) is 0 Å². The molecule has 1 aromatic carbocycles. The van der Waals surface area contributed by atoms with Crippen LogP contribution in [0.1, 0.15) is 11.1 Å². The molecular weight excluding hydrogens is 444 g/mol. The summed E-state index contributed by atoms with van der Waals surface area (Å²) in [5.74, 6) is 0. The molecule has 0 bridgehead atoms. The maximum absolute atomic E-state index is 12.3. The quantitative estimate of drug-likeness (QED) is 0.337. The second-order valence-corrected chi connectivity index (χ2v) is 10.5. The number of hydrogen-bond acceptors (Lipinski definition) is 6. The van der Waals surface area contributed by atoms with Gasteiger partial charge in [0.25, 0.3) is 0 Å². The third-order valence-electron chi connectivity index (χ3n) is 3.26. The topological polar surface area (TPSA) is 71.1 Å². The van der Waals surface area contributed by atoms with E-state index in [4.69, 9.17) is 64.5 Å². The van der Waals surface area contributed by atoms with Crippen molar-refractivity contribution in [3.05, 3.63) is 31.2 Å². The first-order valence-electron chi connectivity index (χ1n) is 6.32. The average molecular weight is 460 g/mol. The number of rotatable bonds is 8. The van der Waals surface area contributed by atoms with E-state index in [0.717, 1.165) is 0 Å². The summed E-state index contributed by atoms with van der Waals surface area (Å²) in [5, 5.41) is 0.0339. The van der Waals surface area contributed by atoms with Gasteiger partial charge in [-0.1, -0.05) is 46.4 Å². The molecule has 0 atom stereocenters. The van der Waals surface area contributed by atoms with Gasteiger partial charge in [-0.15, -0.1) is 0 Å². The van der Waals surface area contributed by atoms with Crippen molar-refractivity contribution in [1.29, 1.82) is 0 Å². The summed E-state index contributed by atoms with van der Waals surface area (Å²) in [7, 11) is -1.98. The highest BCUT2D eigenvalue weighted by Gasteiger charge is 2.32. The summed E-state index contributed by atoms with van der Waals surface area (Å²) < 4.78 is 44.1. The van der Waals surface area contributed by atoms with Gasteiger partial charge in [-0.05, 0) is 0 Å². The zero-order valence-electron chi connectivity index (χ0n) is 13.3. The van der Waals surface area contributed by atoms with Crippen LogP contribution in [0.4, 0.5) is 0 Å². The Morgan fingerprint density at radius 2 is 0.833 bits per heavy atom. The van der Waals surface area contributed by atoms with Crippen LogP contribution in [-0.2, 0) is 39.5 Å². The summed E-state index contributed by atoms with van der Waals surface area (Å²) in [6, 6.07) is 0. The van der Waals surface area contributed by atoms with Crippen LogP contribution in [0, 0.1) is 0 Å². The average Bonchev–Trinajstić information content (AvgIpc) is 2.60. The monoisotopic (exact) mass is 458 g/mol. The first-order chi connectivity index (χ1) is 11.1. The molecule has 0 unspecified atom stereocenters. The molecule has 0 saturated carbocycles. The van der Waals surface area contributed by atoms with Crippen LogP contribution in [0.3, 0.4) is 0 Å². The number of hydrogen-bond donors (Lipinski definition) is 0. The van der Waals surface area contributed by atoms with Crippen molar-refractivity contribution < 1.29 is 27.2 Å². The molecule has 0 spiro atoms. The van der Waals surface area contributed by atoms with Gasteiger partial charge in [-0.3, -0.25) is 9.13 Å². The van der Waals surface area contributed by atoms with Crippen LogP contribution in [0.25, 0.3) is 0 Å². The molecule has 0 aromatic heterocycles. The summed E-state index contributed by atoms with van der Waals surface area (Å²) in [4.78, 5) is 0. The highest BCUT2D eigenvalue weighted by molar-refractivity contribution is 7.53. The van der Waals surface area contributed by atoms with Crippen molar-refractivity contribution in [2.75, 3.05) is 28.4 Å². The van der Waals surface area contributed by atoms with Gasteiger partial charge in [-0.25, -0.2) is 0 Å². The highest BCUT2D eigenvalue weighted by Crippen LogP contribution is 2.57. The Hall–Kier alpha value is 0.680. The Labute approximate surface area is 160 Å². The first-order valence-corrected chi connectivity index (χ1v) is 11.3. The van der Waals surface area contributed by atoms with E-state index >= 15 is 0 Å². The lowest BCUT2D eigenvalue weighted by atomic mass is 10.1. The first kappa shape index (κ1) is 22.7. The molecule has 6 nitrogen and oxygen atoms in total. The van der Waals surface area contributed by atoms with E-state index < -0.39 is 15.2 Å².